The maximum atomic E-state index is 6.52. The van der Waals surface area contributed by atoms with Crippen LogP contribution in [0.4, 0.5) is 0 Å². The molecular weight excluding hydrogens is 476 g/mol. The molecule has 0 radical (unpaired) electrons. The SMILES string of the molecule is Clc1cc(Br)c[c]([Ge]([c]2ccccc2)([c]2ccccc2)[c]2ccccc2)c1. The summed E-state index contributed by atoms with van der Waals surface area (Å²) in [6, 6.07) is 39.1. The maximum absolute atomic E-state index is 6.52. The molecule has 4 aromatic carbocycles. The van der Waals surface area contributed by atoms with E-state index in [1.807, 2.05) is 6.07 Å². The normalized spacial score (nSPS) is 11.3. The third-order valence-electron chi connectivity index (χ3n) is 4.92. The van der Waals surface area contributed by atoms with Gasteiger partial charge >= 0.3 is 177 Å². The van der Waals surface area contributed by atoms with Crippen molar-refractivity contribution in [3.05, 3.63) is 119 Å². The molecule has 0 unspecified atom stereocenters. The molecule has 0 bridgehead atoms. The average Bonchev–Trinajstić information content (AvgIpc) is 2.70. The van der Waals surface area contributed by atoms with Crippen LogP contribution in [-0.2, 0) is 0 Å². The number of hydrogen-bond acceptors (Lipinski definition) is 0. The van der Waals surface area contributed by atoms with Crippen LogP contribution >= 0.6 is 27.5 Å². The Labute approximate surface area is 176 Å². The molecule has 0 spiro atoms. The van der Waals surface area contributed by atoms with Crippen LogP contribution in [0.15, 0.2) is 114 Å². The van der Waals surface area contributed by atoms with Crippen LogP contribution in [0, 0.1) is 0 Å². The minimum atomic E-state index is -3.18. The van der Waals surface area contributed by atoms with Crippen molar-refractivity contribution < 1.29 is 0 Å². The van der Waals surface area contributed by atoms with Crippen LogP contribution in [0.25, 0.3) is 0 Å². The van der Waals surface area contributed by atoms with Crippen molar-refractivity contribution in [3.63, 3.8) is 0 Å². The van der Waals surface area contributed by atoms with Gasteiger partial charge in [0.25, 0.3) is 0 Å². The summed E-state index contributed by atoms with van der Waals surface area (Å²) in [5.74, 6) is 0. The van der Waals surface area contributed by atoms with E-state index in [1.54, 1.807) is 0 Å². The molecule has 0 atom stereocenters. The third kappa shape index (κ3) is 3.52. The van der Waals surface area contributed by atoms with E-state index in [9.17, 15) is 0 Å². The molecule has 0 nitrogen and oxygen atoms in total. The monoisotopic (exact) mass is 494 g/mol. The van der Waals surface area contributed by atoms with Crippen molar-refractivity contribution in [2.24, 2.45) is 0 Å². The van der Waals surface area contributed by atoms with Crippen molar-refractivity contribution in [1.82, 2.24) is 0 Å². The van der Waals surface area contributed by atoms with E-state index >= 15 is 0 Å². The van der Waals surface area contributed by atoms with Crippen LogP contribution in [0.3, 0.4) is 0 Å². The standard InChI is InChI=1S/C24H18BrClGe/c25-19-16-20(26)18-24(17-19)27(21-10-4-1-5-11-21,22-12-6-2-7-13-22)23-14-8-3-9-15-23/h1-18H. The second-order valence-electron chi connectivity index (χ2n) is 6.51. The van der Waals surface area contributed by atoms with Gasteiger partial charge < -0.3 is 0 Å². The predicted octanol–water partition coefficient (Wildman–Crippen LogP) is 4.48. The Morgan fingerprint density at radius 2 is 0.926 bits per heavy atom. The van der Waals surface area contributed by atoms with E-state index in [0.717, 1.165) is 9.50 Å². The zero-order chi connectivity index (χ0) is 18.7. The van der Waals surface area contributed by atoms with Gasteiger partial charge in [0, 0.05) is 0 Å². The van der Waals surface area contributed by atoms with Crippen LogP contribution in [-0.4, -0.2) is 13.3 Å². The first-order chi connectivity index (χ1) is 13.2. The number of halogens is 2. The van der Waals surface area contributed by atoms with Crippen molar-refractivity contribution in [3.8, 4) is 0 Å². The van der Waals surface area contributed by atoms with Crippen molar-refractivity contribution >= 4 is 58.4 Å². The zero-order valence-electron chi connectivity index (χ0n) is 14.6. The summed E-state index contributed by atoms with van der Waals surface area (Å²) in [4.78, 5) is 0. The molecule has 0 saturated carbocycles. The fourth-order valence-corrected chi connectivity index (χ4v) is 15.4. The van der Waals surface area contributed by atoms with Gasteiger partial charge in [0.15, 0.2) is 0 Å². The van der Waals surface area contributed by atoms with Gasteiger partial charge in [0.05, 0.1) is 0 Å². The Morgan fingerprint density at radius 3 is 1.30 bits per heavy atom. The van der Waals surface area contributed by atoms with E-state index in [1.165, 1.54) is 17.6 Å². The minimum absolute atomic E-state index is 0.761. The van der Waals surface area contributed by atoms with E-state index in [2.05, 4.69) is 119 Å². The Bertz CT molecular complexity index is 917. The second kappa shape index (κ2) is 8.06. The topological polar surface area (TPSA) is 0 Å². The summed E-state index contributed by atoms with van der Waals surface area (Å²) in [5, 5.41) is 0.761. The van der Waals surface area contributed by atoms with Gasteiger partial charge in [-0.15, -0.1) is 0 Å². The number of hydrogen-bond donors (Lipinski definition) is 0. The summed E-state index contributed by atoms with van der Waals surface area (Å²) in [6.45, 7) is 0. The van der Waals surface area contributed by atoms with Gasteiger partial charge in [-0.3, -0.25) is 0 Å². The third-order valence-corrected chi connectivity index (χ3v) is 15.6. The second-order valence-corrected chi connectivity index (χ2v) is 15.9. The summed E-state index contributed by atoms with van der Waals surface area (Å²) in [6.07, 6.45) is 0. The molecule has 0 amide bonds. The molecule has 132 valence electrons. The van der Waals surface area contributed by atoms with Crippen LogP contribution in [0.2, 0.25) is 5.02 Å². The molecule has 0 aliphatic carbocycles. The molecule has 0 fully saturated rings. The molecule has 0 aliphatic heterocycles. The van der Waals surface area contributed by atoms with Crippen LogP contribution in [0.1, 0.15) is 0 Å². The Hall–Kier alpha value is -1.81. The summed E-state index contributed by atoms with van der Waals surface area (Å²) < 4.78 is 6.51. The first-order valence-corrected chi connectivity index (χ1v) is 14.2. The summed E-state index contributed by atoms with van der Waals surface area (Å²) in [5.41, 5.74) is 0. The predicted molar refractivity (Wildman–Crippen MR) is 123 cm³/mol. The first kappa shape index (κ1) is 18.6. The van der Waals surface area contributed by atoms with E-state index in [-0.39, 0.29) is 0 Å². The fourth-order valence-electron chi connectivity index (χ4n) is 3.83. The quantitative estimate of drug-likeness (QED) is 0.367. The molecular formula is C24H18BrClGe. The van der Waals surface area contributed by atoms with Gasteiger partial charge in [-0.05, 0) is 0 Å². The molecule has 4 rings (SSSR count). The molecule has 0 aromatic heterocycles. The van der Waals surface area contributed by atoms with Gasteiger partial charge in [0.1, 0.15) is 0 Å². The van der Waals surface area contributed by atoms with Gasteiger partial charge in [-0.25, -0.2) is 0 Å². The molecule has 27 heavy (non-hydrogen) atoms. The molecule has 0 saturated heterocycles. The molecule has 0 aliphatic rings. The van der Waals surface area contributed by atoms with Gasteiger partial charge in [0.2, 0.25) is 0 Å². The van der Waals surface area contributed by atoms with Crippen LogP contribution < -0.4 is 17.6 Å². The zero-order valence-corrected chi connectivity index (χ0v) is 19.1. The number of rotatable bonds is 4. The van der Waals surface area contributed by atoms with E-state index in [4.69, 9.17) is 11.6 Å². The average molecular weight is 494 g/mol. The molecule has 0 heterocycles. The first-order valence-electron chi connectivity index (χ1n) is 8.84. The van der Waals surface area contributed by atoms with Crippen molar-refractivity contribution in [1.29, 1.82) is 0 Å². The molecule has 4 aromatic rings. The van der Waals surface area contributed by atoms with Crippen molar-refractivity contribution in [2.75, 3.05) is 0 Å². The summed E-state index contributed by atoms with van der Waals surface area (Å²) in [7, 11) is 0. The Morgan fingerprint density at radius 1 is 0.519 bits per heavy atom. The Kier molecular flexibility index (Phi) is 5.53. The number of benzene rings is 4. The van der Waals surface area contributed by atoms with Gasteiger partial charge in [-0.2, -0.15) is 0 Å². The van der Waals surface area contributed by atoms with Gasteiger partial charge in [-0.1, -0.05) is 0 Å². The fraction of sp³-hybridized carbons (Fsp3) is 0. The van der Waals surface area contributed by atoms with Crippen molar-refractivity contribution in [2.45, 2.75) is 0 Å². The Balaban J connectivity index is 2.16. The van der Waals surface area contributed by atoms with E-state index < -0.39 is 13.3 Å². The summed E-state index contributed by atoms with van der Waals surface area (Å²) >= 11 is 7.00. The van der Waals surface area contributed by atoms with Crippen LogP contribution in [0.5, 0.6) is 0 Å². The van der Waals surface area contributed by atoms with E-state index in [0.29, 0.717) is 0 Å². The molecule has 3 heteroatoms. The molecule has 0 N–H and O–H groups in total.